The Morgan fingerprint density at radius 3 is 2.62 bits per heavy atom. The first kappa shape index (κ1) is 13.2. The van der Waals surface area contributed by atoms with E-state index in [1.165, 1.54) is 6.92 Å². The highest BCUT2D eigenvalue weighted by molar-refractivity contribution is 8.00. The van der Waals surface area contributed by atoms with E-state index in [4.69, 9.17) is 5.11 Å². The summed E-state index contributed by atoms with van der Waals surface area (Å²) in [7, 11) is 0. The molecule has 0 aromatic heterocycles. The molecule has 1 rings (SSSR count). The normalized spacial score (nSPS) is 21.3. The molecule has 6 heteroatoms. The molecule has 0 bridgehead atoms. The molecule has 2 N–H and O–H groups in total. The number of carboxylic acids is 1. The van der Waals surface area contributed by atoms with E-state index >= 15 is 0 Å². The second-order valence-corrected chi connectivity index (χ2v) is 6.34. The van der Waals surface area contributed by atoms with E-state index in [0.29, 0.717) is 13.1 Å². The third-order valence-corrected chi connectivity index (χ3v) is 3.72. The fourth-order valence-electron chi connectivity index (χ4n) is 1.53. The van der Waals surface area contributed by atoms with Gasteiger partial charge in [-0.3, -0.25) is 4.79 Å². The van der Waals surface area contributed by atoms with Gasteiger partial charge in [0.1, 0.15) is 6.04 Å². The van der Waals surface area contributed by atoms with Crippen LogP contribution >= 0.6 is 11.8 Å². The van der Waals surface area contributed by atoms with Crippen molar-refractivity contribution in [3.63, 3.8) is 0 Å². The van der Waals surface area contributed by atoms with Crippen LogP contribution in [0, 0.1) is 0 Å². The molecule has 16 heavy (non-hydrogen) atoms. The topological polar surface area (TPSA) is 69.6 Å². The van der Waals surface area contributed by atoms with Gasteiger partial charge in [0, 0.05) is 23.6 Å². The Labute approximate surface area is 99.6 Å². The predicted molar refractivity (Wildman–Crippen MR) is 63.7 cm³/mol. The van der Waals surface area contributed by atoms with Crippen molar-refractivity contribution in [1.82, 2.24) is 10.2 Å². The lowest BCUT2D eigenvalue weighted by Gasteiger charge is -2.37. The highest BCUT2D eigenvalue weighted by atomic mass is 32.2. The van der Waals surface area contributed by atoms with E-state index in [1.54, 1.807) is 4.90 Å². The number of hydrogen-bond acceptors (Lipinski definition) is 3. The molecule has 1 atom stereocenters. The zero-order chi connectivity index (χ0) is 12.3. The number of carbonyl (C=O) groups excluding carboxylic acids is 1. The largest absolute Gasteiger partial charge is 0.480 e. The molecular formula is C10H18N2O3S. The van der Waals surface area contributed by atoms with Crippen LogP contribution in [0.5, 0.6) is 0 Å². The van der Waals surface area contributed by atoms with Crippen LogP contribution < -0.4 is 5.32 Å². The lowest BCUT2D eigenvalue weighted by atomic mass is 10.2. The van der Waals surface area contributed by atoms with Gasteiger partial charge in [0.2, 0.25) is 0 Å². The Hall–Kier alpha value is -0.910. The zero-order valence-electron chi connectivity index (χ0n) is 9.82. The monoisotopic (exact) mass is 246 g/mol. The first-order chi connectivity index (χ1) is 7.32. The summed E-state index contributed by atoms with van der Waals surface area (Å²) in [6.07, 6.45) is 0. The van der Waals surface area contributed by atoms with Crippen LogP contribution in [-0.4, -0.2) is 51.6 Å². The Morgan fingerprint density at radius 2 is 2.12 bits per heavy atom. The third-order valence-electron chi connectivity index (χ3n) is 2.42. The van der Waals surface area contributed by atoms with Crippen LogP contribution in [0.3, 0.4) is 0 Å². The molecule has 0 aromatic carbocycles. The number of nitrogens with zero attached hydrogens (tertiary/aromatic N) is 1. The molecule has 1 heterocycles. The molecule has 0 unspecified atom stereocenters. The van der Waals surface area contributed by atoms with Gasteiger partial charge in [-0.2, -0.15) is 11.8 Å². The molecule has 1 aliphatic heterocycles. The Morgan fingerprint density at radius 1 is 1.50 bits per heavy atom. The molecule has 5 nitrogen and oxygen atoms in total. The average Bonchev–Trinajstić information content (AvgIpc) is 2.15. The van der Waals surface area contributed by atoms with Crippen LogP contribution in [0.1, 0.15) is 20.8 Å². The summed E-state index contributed by atoms with van der Waals surface area (Å²) in [6, 6.07) is -1.13. The maximum Gasteiger partial charge on any atom is 0.325 e. The molecular weight excluding hydrogens is 228 g/mol. The highest BCUT2D eigenvalue weighted by Crippen LogP contribution is 2.29. The van der Waals surface area contributed by atoms with Crippen LogP contribution in [0.4, 0.5) is 4.79 Å². The number of carboxylic acid groups (broad SMARTS) is 1. The van der Waals surface area contributed by atoms with E-state index in [2.05, 4.69) is 19.2 Å². The number of aliphatic carboxylic acids is 1. The van der Waals surface area contributed by atoms with E-state index in [0.717, 1.165) is 5.75 Å². The van der Waals surface area contributed by atoms with Crippen molar-refractivity contribution in [2.75, 3.05) is 18.8 Å². The highest BCUT2D eigenvalue weighted by Gasteiger charge is 2.30. The quantitative estimate of drug-likeness (QED) is 0.762. The summed E-state index contributed by atoms with van der Waals surface area (Å²) in [5, 5.41) is 11.2. The van der Waals surface area contributed by atoms with Gasteiger partial charge in [0.05, 0.1) is 0 Å². The second kappa shape index (κ2) is 4.95. The van der Waals surface area contributed by atoms with Crippen molar-refractivity contribution in [3.8, 4) is 0 Å². The molecule has 0 radical (unpaired) electrons. The predicted octanol–water partition coefficient (Wildman–Crippen LogP) is 0.997. The van der Waals surface area contributed by atoms with Gasteiger partial charge in [-0.25, -0.2) is 4.79 Å². The minimum atomic E-state index is -1.01. The first-order valence-electron chi connectivity index (χ1n) is 5.24. The molecule has 0 aromatic rings. The van der Waals surface area contributed by atoms with Crippen LogP contribution in [0.15, 0.2) is 0 Å². The average molecular weight is 246 g/mol. The summed E-state index contributed by atoms with van der Waals surface area (Å²) < 4.78 is 0.0437. The molecule has 1 aliphatic rings. The van der Waals surface area contributed by atoms with Crippen molar-refractivity contribution >= 4 is 23.8 Å². The number of nitrogens with one attached hydrogen (secondary N) is 1. The Balaban J connectivity index is 2.51. The molecule has 1 fully saturated rings. The molecule has 2 amide bonds. The number of rotatable bonds is 2. The van der Waals surface area contributed by atoms with Gasteiger partial charge in [0.25, 0.3) is 0 Å². The molecule has 0 aliphatic carbocycles. The number of amides is 2. The smallest absolute Gasteiger partial charge is 0.325 e. The summed E-state index contributed by atoms with van der Waals surface area (Å²) in [6.45, 7) is 6.95. The van der Waals surface area contributed by atoms with Crippen molar-refractivity contribution < 1.29 is 14.7 Å². The van der Waals surface area contributed by atoms with Crippen LogP contribution in [-0.2, 0) is 4.79 Å². The van der Waals surface area contributed by atoms with Gasteiger partial charge in [0.15, 0.2) is 0 Å². The Kier molecular flexibility index (Phi) is 4.07. The van der Waals surface area contributed by atoms with Gasteiger partial charge in [-0.15, -0.1) is 0 Å². The van der Waals surface area contributed by atoms with Gasteiger partial charge in [-0.1, -0.05) is 0 Å². The van der Waals surface area contributed by atoms with Gasteiger partial charge in [-0.05, 0) is 20.8 Å². The van der Waals surface area contributed by atoms with Crippen LogP contribution in [0.25, 0.3) is 0 Å². The van der Waals surface area contributed by atoms with E-state index in [1.807, 2.05) is 11.8 Å². The summed E-state index contributed by atoms with van der Waals surface area (Å²) in [5.41, 5.74) is 0. The lowest BCUT2D eigenvalue weighted by molar-refractivity contribution is -0.138. The fourth-order valence-corrected chi connectivity index (χ4v) is 2.64. The maximum atomic E-state index is 11.7. The second-order valence-electron chi connectivity index (χ2n) is 4.54. The summed E-state index contributed by atoms with van der Waals surface area (Å²) in [5.74, 6) is -0.124. The van der Waals surface area contributed by atoms with Crippen molar-refractivity contribution in [1.29, 1.82) is 0 Å². The lowest BCUT2D eigenvalue weighted by Crippen LogP contribution is -2.53. The van der Waals surface area contributed by atoms with E-state index in [9.17, 15) is 9.59 Å². The van der Waals surface area contributed by atoms with Crippen molar-refractivity contribution in [3.05, 3.63) is 0 Å². The minimum Gasteiger partial charge on any atom is -0.480 e. The molecule has 92 valence electrons. The number of carbonyl (C=O) groups is 2. The third kappa shape index (κ3) is 3.59. The van der Waals surface area contributed by atoms with E-state index in [-0.39, 0.29) is 10.8 Å². The summed E-state index contributed by atoms with van der Waals surface area (Å²) >= 11 is 1.83. The zero-order valence-corrected chi connectivity index (χ0v) is 10.6. The van der Waals surface area contributed by atoms with Crippen molar-refractivity contribution in [2.24, 2.45) is 0 Å². The van der Waals surface area contributed by atoms with Crippen LogP contribution in [0.2, 0.25) is 0 Å². The first-order valence-corrected chi connectivity index (χ1v) is 6.22. The van der Waals surface area contributed by atoms with E-state index < -0.39 is 12.0 Å². The standard InChI is InChI=1S/C10H18N2O3S/c1-7(8(13)14)11-9(15)12-4-5-16-10(2,3)6-12/h7H,4-6H2,1-3H3,(H,11,15)(H,13,14)/t7-/m0/s1. The molecule has 0 spiro atoms. The molecule has 0 saturated carbocycles. The van der Waals surface area contributed by atoms with Crippen molar-refractivity contribution in [2.45, 2.75) is 31.6 Å². The fraction of sp³-hybridized carbons (Fsp3) is 0.800. The van der Waals surface area contributed by atoms with Gasteiger partial charge >= 0.3 is 12.0 Å². The molecule has 1 saturated heterocycles. The number of thioether (sulfide) groups is 1. The van der Waals surface area contributed by atoms with Gasteiger partial charge < -0.3 is 15.3 Å². The Bertz CT molecular complexity index is 294. The maximum absolute atomic E-state index is 11.7. The summed E-state index contributed by atoms with van der Waals surface area (Å²) in [4.78, 5) is 24.0. The minimum absolute atomic E-state index is 0.0437. The SMILES string of the molecule is C[C@H](NC(=O)N1CCSC(C)(C)C1)C(=O)O. The number of urea groups is 1. The number of hydrogen-bond donors (Lipinski definition) is 2.